The molecule has 0 bridgehead atoms. The molecule has 0 atom stereocenters. The molecule has 8 nitrogen and oxygen atoms in total. The van der Waals surface area contributed by atoms with Crippen molar-refractivity contribution >= 4 is 45.9 Å². The highest BCUT2D eigenvalue weighted by molar-refractivity contribution is 7.86. The van der Waals surface area contributed by atoms with Gasteiger partial charge in [0, 0.05) is 17.7 Å². The normalized spacial score (nSPS) is 12.5. The van der Waals surface area contributed by atoms with Gasteiger partial charge >= 0.3 is 13.8 Å². The number of non-ortho nitro benzene ring substituents is 1. The van der Waals surface area contributed by atoms with Crippen LogP contribution in [0.15, 0.2) is 24.3 Å². The lowest BCUT2D eigenvalue weighted by molar-refractivity contribution is -0.493. The van der Waals surface area contributed by atoms with Crippen LogP contribution in [0.1, 0.15) is 5.56 Å². The first-order valence-corrected chi connectivity index (χ1v) is 17.4. The number of nitro groups is 1. The second-order valence-electron chi connectivity index (χ2n) is 10.7. The lowest BCUT2D eigenvalue weighted by Crippen LogP contribution is -2.75. The minimum Gasteiger partial charge on any atom is -0.741 e. The Morgan fingerprint density at radius 1 is 0.596 bits per heavy atom. The van der Waals surface area contributed by atoms with Crippen molar-refractivity contribution in [2.24, 2.45) is 0 Å². The third kappa shape index (κ3) is 8.56. The minimum atomic E-state index is -7.43. The van der Waals surface area contributed by atoms with E-state index < -0.39 is 145 Å². The Kier molecular flexibility index (Phi) is 13.5. The van der Waals surface area contributed by atoms with Gasteiger partial charge in [0.05, 0.1) is 27.1 Å². The van der Waals surface area contributed by atoms with Crippen molar-refractivity contribution < 1.29 is 106 Å². The van der Waals surface area contributed by atoms with Crippen molar-refractivity contribution in [2.45, 2.75) is 5.51 Å². The predicted octanol–water partition coefficient (Wildman–Crippen LogP) is 5.48. The number of hydrogen-bond acceptors (Lipinski definition) is 6. The first kappa shape index (κ1) is 46.2. The highest BCUT2D eigenvalue weighted by Crippen LogP contribution is 2.29. The molecule has 4 aromatic rings. The number of alkyl halides is 3. The molecular formula is C29H12F18N2O6SSi. The third-order valence-electron chi connectivity index (χ3n) is 7.20. The summed E-state index contributed by atoms with van der Waals surface area (Å²) in [6.07, 6.45) is 1.09. The monoisotopic (exact) mass is 886 g/mol. The van der Waals surface area contributed by atoms with Crippen LogP contribution >= 0.6 is 0 Å². The quantitative estimate of drug-likeness (QED) is 0.0188. The van der Waals surface area contributed by atoms with Crippen LogP contribution in [0.3, 0.4) is 0 Å². The van der Waals surface area contributed by atoms with Gasteiger partial charge in [-0.15, -0.1) is 0 Å². The van der Waals surface area contributed by atoms with Crippen molar-refractivity contribution in [1.29, 1.82) is 0 Å². The third-order valence-corrected chi connectivity index (χ3v) is 11.8. The Morgan fingerprint density at radius 2 is 0.860 bits per heavy atom. The zero-order chi connectivity index (χ0) is 43.9. The van der Waals surface area contributed by atoms with Crippen LogP contribution in [0.5, 0.6) is 0 Å². The van der Waals surface area contributed by atoms with Gasteiger partial charge in [-0.2, -0.15) is 13.2 Å². The van der Waals surface area contributed by atoms with Gasteiger partial charge in [-0.05, 0) is 12.1 Å². The van der Waals surface area contributed by atoms with Crippen molar-refractivity contribution in [1.82, 2.24) is 0 Å². The van der Waals surface area contributed by atoms with Crippen LogP contribution < -0.4 is 15.6 Å². The van der Waals surface area contributed by atoms with Crippen molar-refractivity contribution in [2.75, 3.05) is 20.2 Å². The lowest BCUT2D eigenvalue weighted by Gasteiger charge is -2.34. The summed E-state index contributed by atoms with van der Waals surface area (Å²) < 4.78 is 287. The van der Waals surface area contributed by atoms with E-state index >= 15 is 26.3 Å². The molecule has 0 spiro atoms. The second kappa shape index (κ2) is 16.7. The summed E-state index contributed by atoms with van der Waals surface area (Å²) in [5.74, 6) is -46.8. The number of nitro benzene ring substituents is 1. The largest absolute Gasteiger partial charge is 0.741 e. The van der Waals surface area contributed by atoms with Gasteiger partial charge in [-0.25, -0.2) is 78.8 Å². The molecule has 0 aliphatic carbocycles. The zero-order valence-electron chi connectivity index (χ0n) is 26.9. The molecule has 0 saturated carbocycles. The lowest BCUT2D eigenvalue weighted by atomic mass is 10.2. The molecular weight excluding hydrogens is 874 g/mol. The topological polar surface area (TPSA) is 113 Å². The molecule has 0 heterocycles. The van der Waals surface area contributed by atoms with Crippen LogP contribution in [0, 0.1) is 97.4 Å². The molecule has 0 aliphatic heterocycles. The SMILES string of the molecule is C[N+](=Cc1ccc([N+](=O)[O-])cc1)CCO[Si](c1c(F)c(F)c(F)c(F)c1F)(c1c(F)c(F)c(F)c(F)c1F)c1c(F)c(F)c(F)c(F)c1F.O=S(=O)([O-])C(F)(F)F. The molecule has 0 aromatic heterocycles. The van der Waals surface area contributed by atoms with Crippen LogP contribution in [-0.4, -0.2) is 62.7 Å². The summed E-state index contributed by atoms with van der Waals surface area (Å²) in [4.78, 5) is 10.1. The number of benzene rings is 4. The molecule has 0 saturated heterocycles. The highest BCUT2D eigenvalue weighted by atomic mass is 32.2. The van der Waals surface area contributed by atoms with Gasteiger partial charge in [0.1, 0.15) is 7.05 Å². The number of nitrogens with zero attached hydrogens (tertiary/aromatic N) is 2. The maximum atomic E-state index is 15.5. The van der Waals surface area contributed by atoms with E-state index in [1.165, 1.54) is 0 Å². The smallest absolute Gasteiger partial charge is 0.485 e. The van der Waals surface area contributed by atoms with Gasteiger partial charge < -0.3 is 8.98 Å². The van der Waals surface area contributed by atoms with E-state index in [2.05, 4.69) is 0 Å². The molecule has 4 aromatic carbocycles. The summed E-state index contributed by atoms with van der Waals surface area (Å²) in [7, 11) is -12.4. The van der Waals surface area contributed by atoms with Crippen LogP contribution in [0.2, 0.25) is 0 Å². The molecule has 0 fully saturated rings. The van der Waals surface area contributed by atoms with Crippen LogP contribution in [0.4, 0.5) is 84.7 Å². The van der Waals surface area contributed by atoms with Crippen molar-refractivity contribution in [3.05, 3.63) is 127 Å². The van der Waals surface area contributed by atoms with E-state index in [1.54, 1.807) is 0 Å². The maximum Gasteiger partial charge on any atom is 0.485 e. The van der Waals surface area contributed by atoms with E-state index in [0.29, 0.717) is 0 Å². The molecule has 28 heteroatoms. The number of likely N-dealkylation sites (N-methyl/N-ethyl adjacent to an activating group) is 1. The van der Waals surface area contributed by atoms with Crippen LogP contribution in [-0.2, 0) is 14.5 Å². The van der Waals surface area contributed by atoms with E-state index in [0.717, 1.165) is 42.1 Å². The minimum absolute atomic E-state index is 0.135. The van der Waals surface area contributed by atoms with E-state index in [4.69, 9.17) is 17.4 Å². The fourth-order valence-electron chi connectivity index (χ4n) is 4.68. The summed E-state index contributed by atoms with van der Waals surface area (Å²) in [5, 5.41) is 2.43. The molecule has 4 rings (SSSR count). The summed E-state index contributed by atoms with van der Waals surface area (Å²) in [5.41, 5.74) is -5.89. The van der Waals surface area contributed by atoms with Crippen molar-refractivity contribution in [3.8, 4) is 0 Å². The van der Waals surface area contributed by atoms with E-state index in [9.17, 15) is 62.8 Å². The number of rotatable bonds is 9. The zero-order valence-corrected chi connectivity index (χ0v) is 28.7. The van der Waals surface area contributed by atoms with Crippen molar-refractivity contribution in [3.63, 3.8) is 0 Å². The Hall–Kier alpha value is -5.22. The average molecular weight is 887 g/mol. The molecule has 0 N–H and O–H groups in total. The van der Waals surface area contributed by atoms with Gasteiger partial charge in [0.2, 0.25) is 17.5 Å². The Balaban J connectivity index is 0.000000980. The molecule has 57 heavy (non-hydrogen) atoms. The van der Waals surface area contributed by atoms with Gasteiger partial charge in [-0.1, -0.05) is 0 Å². The average Bonchev–Trinajstić information content (AvgIpc) is 3.12. The predicted molar refractivity (Wildman–Crippen MR) is 154 cm³/mol. The molecule has 0 unspecified atom stereocenters. The van der Waals surface area contributed by atoms with Gasteiger partial charge in [-0.3, -0.25) is 10.1 Å². The number of halogens is 18. The highest BCUT2D eigenvalue weighted by Gasteiger charge is 2.58. The van der Waals surface area contributed by atoms with Gasteiger partial charge in [0.25, 0.3) is 5.69 Å². The standard InChI is InChI=1S/C28H12F15N2O3Si.CHF3O3S/c1-44(8-9-2-4-10(5-3-9)45(46)47)6-7-48-49(26-20(38)14(32)11(29)15(33)21(26)39,27-22(40)16(34)12(30)17(35)23(27)41)28-24(42)18(36)13(31)19(37)25(28)43;2-1(3,4)8(5,6)7/h2-5,8H,6-7H2,1H3;(H,5,6,7)/q+1;/p-1. The van der Waals surface area contributed by atoms with E-state index in [1.807, 2.05) is 0 Å². The van der Waals surface area contributed by atoms with E-state index in [-0.39, 0.29) is 11.3 Å². The van der Waals surface area contributed by atoms with Gasteiger partial charge in [0.15, 0.2) is 92.7 Å². The molecule has 0 amide bonds. The number of hydrogen-bond donors (Lipinski definition) is 0. The Morgan fingerprint density at radius 3 is 1.11 bits per heavy atom. The summed E-state index contributed by atoms with van der Waals surface area (Å²) in [6.45, 7) is -2.35. The summed E-state index contributed by atoms with van der Waals surface area (Å²) >= 11 is 0. The second-order valence-corrected chi connectivity index (χ2v) is 15.2. The first-order chi connectivity index (χ1) is 26.1. The fraction of sp³-hybridized carbons (Fsp3) is 0.138. The Labute approximate surface area is 304 Å². The molecule has 310 valence electrons. The first-order valence-electron chi connectivity index (χ1n) is 14.1. The molecule has 0 radical (unpaired) electrons. The summed E-state index contributed by atoms with van der Waals surface area (Å²) in [6, 6.07) is 4.30. The fourth-order valence-corrected chi connectivity index (χ4v) is 8.77. The molecule has 0 aliphatic rings. The maximum absolute atomic E-state index is 15.5. The van der Waals surface area contributed by atoms with Crippen LogP contribution in [0.25, 0.3) is 0 Å². The Bertz CT molecular complexity index is 2160.